The summed E-state index contributed by atoms with van der Waals surface area (Å²) in [6, 6.07) is 13.1. The third kappa shape index (κ3) is 3.41. The van der Waals surface area contributed by atoms with Crippen LogP contribution in [0.3, 0.4) is 0 Å². The fourth-order valence-electron chi connectivity index (χ4n) is 2.27. The van der Waals surface area contributed by atoms with Crippen molar-refractivity contribution in [1.29, 1.82) is 5.26 Å². The number of hydrogen-bond donors (Lipinski definition) is 1. The molecule has 3 aromatic rings. The molecule has 1 aromatic heterocycles. The van der Waals surface area contributed by atoms with Crippen molar-refractivity contribution < 1.29 is 13.6 Å². The van der Waals surface area contributed by atoms with Crippen LogP contribution in [0.25, 0.3) is 11.3 Å². The molecule has 0 unspecified atom stereocenters. The maximum Gasteiger partial charge on any atom is 0.308 e. The molecule has 2 N–H and O–H groups in total. The Morgan fingerprint density at radius 3 is 2.65 bits per heavy atom. The summed E-state index contributed by atoms with van der Waals surface area (Å²) in [5.41, 5.74) is 0.542. The van der Waals surface area contributed by atoms with Crippen LogP contribution < -0.4 is 10.9 Å². The van der Waals surface area contributed by atoms with Crippen LogP contribution in [0.1, 0.15) is 16.1 Å². The Morgan fingerprint density at radius 1 is 1.15 bits per heavy atom. The minimum Gasteiger partial charge on any atom is -0.451 e. The summed E-state index contributed by atoms with van der Waals surface area (Å²) in [5.74, 6) is 4.79. The molecule has 8 heteroatoms. The Kier molecular flexibility index (Phi) is 4.96. The van der Waals surface area contributed by atoms with Gasteiger partial charge in [-0.05, 0) is 48.5 Å². The molecular weight excluding hydrogens is 380 g/mol. The molecule has 0 aliphatic heterocycles. The molecule has 2 aromatic carbocycles. The van der Waals surface area contributed by atoms with E-state index in [0.29, 0.717) is 10.6 Å². The number of anilines is 1. The highest BCUT2D eigenvalue weighted by Gasteiger charge is 2.21. The number of carbonyl (C=O) groups excluding carboxylic acids is 1. The first kappa shape index (κ1) is 18.0. The van der Waals surface area contributed by atoms with E-state index in [4.69, 9.17) is 38.7 Å². The normalized spacial score (nSPS) is 10.4. The van der Waals surface area contributed by atoms with Gasteiger partial charge in [-0.3, -0.25) is 4.79 Å². The van der Waals surface area contributed by atoms with Crippen LogP contribution in [0, 0.1) is 17.1 Å². The average molecular weight is 390 g/mol. The molecular formula is C18H10Cl2FN3O2. The highest BCUT2D eigenvalue weighted by molar-refractivity contribution is 6.36. The number of amides is 1. The van der Waals surface area contributed by atoms with Crippen molar-refractivity contribution in [3.8, 4) is 17.4 Å². The summed E-state index contributed by atoms with van der Waals surface area (Å²) in [6.45, 7) is 0. The lowest BCUT2D eigenvalue weighted by molar-refractivity contribution is 0.0961. The highest BCUT2D eigenvalue weighted by atomic mass is 35.5. The van der Waals surface area contributed by atoms with Crippen LogP contribution in [0.5, 0.6) is 0 Å². The number of halogens is 3. The Morgan fingerprint density at radius 2 is 1.92 bits per heavy atom. The lowest BCUT2D eigenvalue weighted by Gasteiger charge is -2.16. The monoisotopic (exact) mass is 389 g/mol. The molecule has 0 radical (unpaired) electrons. The lowest BCUT2D eigenvalue weighted by Crippen LogP contribution is -2.37. The number of rotatable bonds is 3. The van der Waals surface area contributed by atoms with Crippen LogP contribution in [0.15, 0.2) is 52.9 Å². The number of nitriles is 1. The average Bonchev–Trinajstić information content (AvgIpc) is 3.13. The van der Waals surface area contributed by atoms with Crippen molar-refractivity contribution in [1.82, 2.24) is 0 Å². The van der Waals surface area contributed by atoms with E-state index in [-0.39, 0.29) is 27.8 Å². The number of nitrogens with two attached hydrogens (primary N) is 1. The summed E-state index contributed by atoms with van der Waals surface area (Å²) >= 11 is 11.9. The van der Waals surface area contributed by atoms with Gasteiger partial charge in [-0.15, -0.1) is 0 Å². The molecule has 26 heavy (non-hydrogen) atoms. The highest BCUT2D eigenvalue weighted by Crippen LogP contribution is 2.30. The predicted molar refractivity (Wildman–Crippen MR) is 96.3 cm³/mol. The van der Waals surface area contributed by atoms with Gasteiger partial charge in [-0.1, -0.05) is 23.2 Å². The van der Waals surface area contributed by atoms with Gasteiger partial charge in [-0.25, -0.2) is 15.2 Å². The van der Waals surface area contributed by atoms with Crippen LogP contribution in [-0.2, 0) is 0 Å². The van der Waals surface area contributed by atoms with Gasteiger partial charge in [0.1, 0.15) is 17.6 Å². The lowest BCUT2D eigenvalue weighted by atomic mass is 10.1. The van der Waals surface area contributed by atoms with Gasteiger partial charge < -0.3 is 4.42 Å². The van der Waals surface area contributed by atoms with Crippen LogP contribution in [-0.4, -0.2) is 5.91 Å². The number of carbonyl (C=O) groups is 1. The molecule has 1 amide bonds. The van der Waals surface area contributed by atoms with Gasteiger partial charge in [0, 0.05) is 10.6 Å². The Hall–Kier alpha value is -2.85. The molecule has 0 aliphatic rings. The van der Waals surface area contributed by atoms with E-state index in [1.807, 2.05) is 0 Å². The van der Waals surface area contributed by atoms with Crippen LogP contribution in [0.4, 0.5) is 10.1 Å². The standard InChI is InChI=1S/C18H10Cl2FN3O2/c19-12-2-3-13(20)15(8-12)24(23)18(25)17-6-5-16(26-17)10-1-4-14(21)11(7-10)9-22/h1-8H,23H2. The Balaban J connectivity index is 1.91. The SMILES string of the molecule is N#Cc1cc(-c2ccc(C(=O)N(N)c3cc(Cl)ccc3Cl)o2)ccc1F. The van der Waals surface area contributed by atoms with Crippen LogP contribution in [0.2, 0.25) is 10.0 Å². The zero-order chi connectivity index (χ0) is 18.8. The van der Waals surface area contributed by atoms with Crippen molar-refractivity contribution in [3.05, 3.63) is 75.7 Å². The van der Waals surface area contributed by atoms with E-state index >= 15 is 0 Å². The summed E-state index contributed by atoms with van der Waals surface area (Å²) < 4.78 is 18.9. The second-order valence-corrected chi connectivity index (χ2v) is 6.08. The molecule has 3 rings (SSSR count). The molecule has 0 atom stereocenters. The fourth-order valence-corrected chi connectivity index (χ4v) is 2.65. The van der Waals surface area contributed by atoms with E-state index in [0.717, 1.165) is 11.1 Å². The number of furan rings is 1. The summed E-state index contributed by atoms with van der Waals surface area (Å²) in [7, 11) is 0. The minimum absolute atomic E-state index is 0.0543. The van der Waals surface area contributed by atoms with E-state index in [1.165, 1.54) is 36.4 Å². The quantitative estimate of drug-likeness (QED) is 0.396. The number of hydrazine groups is 1. The summed E-state index contributed by atoms with van der Waals surface area (Å²) in [5, 5.41) is 10.3. The first-order chi connectivity index (χ1) is 12.4. The number of benzene rings is 2. The zero-order valence-corrected chi connectivity index (χ0v) is 14.6. The molecule has 0 fully saturated rings. The topological polar surface area (TPSA) is 83.3 Å². The second-order valence-electron chi connectivity index (χ2n) is 5.24. The van der Waals surface area contributed by atoms with Gasteiger partial charge in [0.25, 0.3) is 0 Å². The fraction of sp³-hybridized carbons (Fsp3) is 0. The van der Waals surface area contributed by atoms with Crippen molar-refractivity contribution in [2.75, 3.05) is 5.01 Å². The number of nitrogens with zero attached hydrogens (tertiary/aromatic N) is 2. The molecule has 0 saturated carbocycles. The first-order valence-corrected chi connectivity index (χ1v) is 8.00. The van der Waals surface area contributed by atoms with Gasteiger partial charge in [0.05, 0.1) is 16.3 Å². The van der Waals surface area contributed by atoms with E-state index in [2.05, 4.69) is 0 Å². The number of hydrogen-bond acceptors (Lipinski definition) is 4. The molecule has 0 aliphatic carbocycles. The molecule has 0 spiro atoms. The maximum absolute atomic E-state index is 13.4. The molecule has 130 valence electrons. The predicted octanol–water partition coefficient (Wildman–Crippen LogP) is 4.78. The van der Waals surface area contributed by atoms with E-state index < -0.39 is 11.7 Å². The molecule has 5 nitrogen and oxygen atoms in total. The van der Waals surface area contributed by atoms with Crippen molar-refractivity contribution in [2.45, 2.75) is 0 Å². The van der Waals surface area contributed by atoms with E-state index in [9.17, 15) is 9.18 Å². The van der Waals surface area contributed by atoms with Gasteiger partial charge in [0.15, 0.2) is 5.76 Å². The molecule has 1 heterocycles. The van der Waals surface area contributed by atoms with Gasteiger partial charge >= 0.3 is 5.91 Å². The van der Waals surface area contributed by atoms with Gasteiger partial charge in [-0.2, -0.15) is 5.26 Å². The van der Waals surface area contributed by atoms with Crippen molar-refractivity contribution in [2.24, 2.45) is 5.84 Å². The van der Waals surface area contributed by atoms with Crippen molar-refractivity contribution >= 4 is 34.8 Å². The van der Waals surface area contributed by atoms with Crippen molar-refractivity contribution in [3.63, 3.8) is 0 Å². The molecule has 0 saturated heterocycles. The summed E-state index contributed by atoms with van der Waals surface area (Å²) in [4.78, 5) is 12.5. The smallest absolute Gasteiger partial charge is 0.308 e. The second kappa shape index (κ2) is 7.18. The van der Waals surface area contributed by atoms with E-state index in [1.54, 1.807) is 12.1 Å². The maximum atomic E-state index is 13.4. The first-order valence-electron chi connectivity index (χ1n) is 7.25. The third-order valence-corrected chi connectivity index (χ3v) is 4.13. The third-order valence-electron chi connectivity index (χ3n) is 3.57. The minimum atomic E-state index is -0.650. The Bertz CT molecular complexity index is 1040. The van der Waals surface area contributed by atoms with Crippen LogP contribution >= 0.6 is 23.2 Å². The molecule has 0 bridgehead atoms. The summed E-state index contributed by atoms with van der Waals surface area (Å²) in [6.07, 6.45) is 0. The zero-order valence-electron chi connectivity index (χ0n) is 13.0. The largest absolute Gasteiger partial charge is 0.451 e. The Labute approximate surface area is 157 Å². The van der Waals surface area contributed by atoms with Gasteiger partial charge in [0.2, 0.25) is 0 Å².